The van der Waals surface area contributed by atoms with Crippen molar-refractivity contribution in [3.05, 3.63) is 186 Å². The first-order chi connectivity index (χ1) is 25.5. The lowest BCUT2D eigenvalue weighted by Crippen LogP contribution is -2.30. The summed E-state index contributed by atoms with van der Waals surface area (Å²) < 4.78 is 2.07. The van der Waals surface area contributed by atoms with Crippen molar-refractivity contribution in [1.29, 1.82) is 0 Å². The highest BCUT2D eigenvalue weighted by Crippen LogP contribution is 2.31. The summed E-state index contributed by atoms with van der Waals surface area (Å²) in [5, 5.41) is 1.91. The fraction of sp³-hybridized carbons (Fsp3) is 0.0625. The predicted molar refractivity (Wildman–Crippen MR) is 221 cm³/mol. The van der Waals surface area contributed by atoms with E-state index in [-0.39, 0.29) is 0 Å². The minimum atomic E-state index is 0.484. The van der Waals surface area contributed by atoms with Gasteiger partial charge in [-0.25, -0.2) is 4.98 Å². The van der Waals surface area contributed by atoms with Crippen molar-refractivity contribution in [1.82, 2.24) is 19.5 Å². The molecule has 0 amide bonds. The number of hydrogen-bond donors (Lipinski definition) is 0. The van der Waals surface area contributed by atoms with Gasteiger partial charge in [0.15, 0.2) is 11.6 Å². The SMILES string of the molecule is C=CC1=C/C(=C\C)c2cccc(c2)-c2cccc(c2)-c2nc(-c3ccc(-c4ccccc4)cc3)nc(n2)-n2c(C=C)c(/C=C\C)/c(=C/C)c2=CC1=C. The lowest BCUT2D eigenvalue weighted by molar-refractivity contribution is 0.881. The van der Waals surface area contributed by atoms with Gasteiger partial charge in [0.25, 0.3) is 0 Å². The molecule has 0 unspecified atom stereocenters. The maximum atomic E-state index is 5.21. The molecule has 0 saturated carbocycles. The van der Waals surface area contributed by atoms with Gasteiger partial charge in [0.2, 0.25) is 5.95 Å². The molecule has 0 saturated heterocycles. The molecular weight excluding hydrogens is 633 g/mol. The maximum absolute atomic E-state index is 5.21. The first kappa shape index (κ1) is 33.8. The van der Waals surface area contributed by atoms with Gasteiger partial charge in [-0.3, -0.25) is 4.57 Å². The Morgan fingerprint density at radius 1 is 0.577 bits per heavy atom. The highest BCUT2D eigenvalue weighted by molar-refractivity contribution is 5.82. The van der Waals surface area contributed by atoms with E-state index in [1.807, 2.05) is 38.1 Å². The minimum Gasteiger partial charge on any atom is -0.278 e. The summed E-state index contributed by atoms with van der Waals surface area (Å²) in [7, 11) is 0. The third kappa shape index (κ3) is 6.38. The van der Waals surface area contributed by atoms with E-state index in [0.717, 1.165) is 77.5 Å². The summed E-state index contributed by atoms with van der Waals surface area (Å²) in [4.78, 5) is 15.5. The van der Waals surface area contributed by atoms with Crippen molar-refractivity contribution < 1.29 is 0 Å². The van der Waals surface area contributed by atoms with E-state index < -0.39 is 0 Å². The van der Waals surface area contributed by atoms with Crippen LogP contribution in [0.4, 0.5) is 0 Å². The molecule has 6 aromatic rings. The first-order valence-electron chi connectivity index (χ1n) is 17.5. The van der Waals surface area contributed by atoms with Crippen LogP contribution in [-0.2, 0) is 0 Å². The Hall–Kier alpha value is -6.65. The van der Waals surface area contributed by atoms with Gasteiger partial charge in [-0.05, 0) is 95.7 Å². The summed E-state index contributed by atoms with van der Waals surface area (Å²) in [6.45, 7) is 19.1. The standard InChI is InChI=1S/C48H40N4/c1-7-17-43-42(10-4)45-28-32(6)33(8-2)29-34(9-3)38-20-15-21-39(30-38)40-22-16-23-41(31-40)47-49-46(50-48(51-47)52(45)44(43)11-5)37-26-24-36(25-27-37)35-18-13-12-14-19-35/h7-31H,2,5-6H2,1,3-4H3/b17-7-,33-29?,34-9+,42-10-,45-28?. The van der Waals surface area contributed by atoms with Crippen molar-refractivity contribution in [2.45, 2.75) is 20.8 Å². The summed E-state index contributed by atoms with van der Waals surface area (Å²) in [5.41, 5.74) is 12.0. The molecule has 7 rings (SSSR count). The third-order valence-corrected chi connectivity index (χ3v) is 9.39. The smallest absolute Gasteiger partial charge is 0.238 e. The van der Waals surface area contributed by atoms with Crippen LogP contribution in [0.15, 0.2) is 158 Å². The summed E-state index contributed by atoms with van der Waals surface area (Å²) in [6.07, 6.45) is 16.4. The molecule has 3 heterocycles. The van der Waals surface area contributed by atoms with Crippen LogP contribution in [0.25, 0.3) is 80.9 Å². The topological polar surface area (TPSA) is 43.6 Å². The van der Waals surface area contributed by atoms with Crippen LogP contribution < -0.4 is 10.6 Å². The molecule has 4 nitrogen and oxygen atoms in total. The van der Waals surface area contributed by atoms with Crippen molar-refractivity contribution in [2.24, 2.45) is 0 Å². The second-order valence-corrected chi connectivity index (χ2v) is 12.5. The molecule has 2 aromatic heterocycles. The second-order valence-electron chi connectivity index (χ2n) is 12.5. The fourth-order valence-electron chi connectivity index (χ4n) is 6.76. The number of nitrogens with zero attached hydrogens (tertiary/aromatic N) is 4. The molecule has 0 atom stereocenters. The molecule has 252 valence electrons. The molecule has 0 fully saturated rings. The number of benzene rings is 4. The fourth-order valence-corrected chi connectivity index (χ4v) is 6.76. The molecule has 0 aliphatic carbocycles. The normalized spacial score (nSPS) is 13.8. The molecule has 0 N–H and O–H groups in total. The molecule has 4 aromatic carbocycles. The molecule has 0 radical (unpaired) electrons. The molecule has 6 bridgehead atoms. The van der Waals surface area contributed by atoms with E-state index in [0.29, 0.717) is 17.6 Å². The molecular formula is C48H40N4. The van der Waals surface area contributed by atoms with Gasteiger partial charge in [0.05, 0.1) is 11.0 Å². The quantitative estimate of drug-likeness (QED) is 0.183. The number of allylic oxidation sites excluding steroid dienone is 7. The Kier molecular flexibility index (Phi) is 9.55. The first-order valence-corrected chi connectivity index (χ1v) is 17.5. The van der Waals surface area contributed by atoms with E-state index >= 15 is 0 Å². The van der Waals surface area contributed by atoms with Crippen LogP contribution in [0.2, 0.25) is 0 Å². The predicted octanol–water partition coefficient (Wildman–Crippen LogP) is 10.7. The molecule has 1 aliphatic heterocycles. The van der Waals surface area contributed by atoms with E-state index in [9.17, 15) is 0 Å². The molecule has 52 heavy (non-hydrogen) atoms. The summed E-state index contributed by atoms with van der Waals surface area (Å²) >= 11 is 0. The van der Waals surface area contributed by atoms with E-state index in [4.69, 9.17) is 15.0 Å². The van der Waals surface area contributed by atoms with Gasteiger partial charge in [0.1, 0.15) is 0 Å². The molecule has 1 aliphatic rings. The molecule has 0 spiro atoms. The van der Waals surface area contributed by atoms with Crippen LogP contribution in [0.5, 0.6) is 0 Å². The molecule has 4 heteroatoms. The minimum absolute atomic E-state index is 0.484. The van der Waals surface area contributed by atoms with E-state index in [2.05, 4.69) is 159 Å². The second kappa shape index (κ2) is 14.7. The van der Waals surface area contributed by atoms with E-state index in [1.54, 1.807) is 0 Å². The Labute approximate surface area is 305 Å². The van der Waals surface area contributed by atoms with Crippen molar-refractivity contribution in [3.63, 3.8) is 0 Å². The lowest BCUT2D eigenvalue weighted by atomic mass is 9.95. The van der Waals surface area contributed by atoms with Gasteiger partial charge in [-0.1, -0.05) is 141 Å². The number of aromatic nitrogens is 4. The van der Waals surface area contributed by atoms with Crippen molar-refractivity contribution in [2.75, 3.05) is 0 Å². The Morgan fingerprint density at radius 2 is 1.17 bits per heavy atom. The van der Waals surface area contributed by atoms with Crippen LogP contribution in [0, 0.1) is 0 Å². The Bertz CT molecular complexity index is 2580. The third-order valence-electron chi connectivity index (χ3n) is 9.39. The number of rotatable bonds is 5. The summed E-state index contributed by atoms with van der Waals surface area (Å²) in [5.74, 6) is 1.62. The van der Waals surface area contributed by atoms with Crippen molar-refractivity contribution >= 4 is 29.9 Å². The Balaban J connectivity index is 1.58. The number of hydrogen-bond acceptors (Lipinski definition) is 3. The summed E-state index contributed by atoms with van der Waals surface area (Å²) in [6, 6.07) is 35.7. The van der Waals surface area contributed by atoms with E-state index in [1.165, 1.54) is 0 Å². The number of fused-ring (bicyclic) bond motifs is 10. The van der Waals surface area contributed by atoms with Gasteiger partial charge in [-0.2, -0.15) is 9.97 Å². The van der Waals surface area contributed by atoms with Crippen LogP contribution in [-0.4, -0.2) is 19.5 Å². The van der Waals surface area contributed by atoms with Gasteiger partial charge in [0, 0.05) is 21.9 Å². The van der Waals surface area contributed by atoms with Crippen LogP contribution in [0.3, 0.4) is 0 Å². The largest absolute Gasteiger partial charge is 0.278 e. The average Bonchev–Trinajstić information content (AvgIpc) is 3.49. The van der Waals surface area contributed by atoms with Crippen molar-refractivity contribution in [3.8, 4) is 51.0 Å². The van der Waals surface area contributed by atoms with Gasteiger partial charge in [-0.15, -0.1) is 0 Å². The van der Waals surface area contributed by atoms with Crippen LogP contribution >= 0.6 is 0 Å². The van der Waals surface area contributed by atoms with Gasteiger partial charge < -0.3 is 0 Å². The Morgan fingerprint density at radius 3 is 1.81 bits per heavy atom. The zero-order valence-electron chi connectivity index (χ0n) is 29.8. The highest BCUT2D eigenvalue weighted by atomic mass is 15.2. The zero-order chi connectivity index (χ0) is 36.2. The maximum Gasteiger partial charge on any atom is 0.238 e. The van der Waals surface area contributed by atoms with Gasteiger partial charge >= 0.3 is 0 Å². The lowest BCUT2D eigenvalue weighted by Gasteiger charge is -2.14. The zero-order valence-corrected chi connectivity index (χ0v) is 29.8. The highest BCUT2D eigenvalue weighted by Gasteiger charge is 2.19. The van der Waals surface area contributed by atoms with Crippen LogP contribution in [0.1, 0.15) is 37.6 Å². The monoisotopic (exact) mass is 672 g/mol. The average molecular weight is 673 g/mol.